The molecule has 0 saturated carbocycles. The number of thiazole rings is 1. The van der Waals surface area contributed by atoms with Gasteiger partial charge in [0.1, 0.15) is 6.04 Å². The molecule has 2 aromatic rings. The molecule has 1 aliphatic carbocycles. The molecule has 2 aliphatic rings. The summed E-state index contributed by atoms with van der Waals surface area (Å²) in [4.78, 5) is 19.4. The van der Waals surface area contributed by atoms with Gasteiger partial charge >= 0.3 is 0 Å². The molecule has 0 spiro atoms. The molecule has 0 bridgehead atoms. The highest BCUT2D eigenvalue weighted by atomic mass is 32.1. The first-order chi connectivity index (χ1) is 11.3. The Morgan fingerprint density at radius 3 is 3.04 bits per heavy atom. The van der Waals surface area contributed by atoms with Gasteiger partial charge in [0.05, 0.1) is 6.04 Å². The van der Waals surface area contributed by atoms with Crippen molar-refractivity contribution in [1.82, 2.24) is 10.3 Å². The van der Waals surface area contributed by atoms with Crippen molar-refractivity contribution >= 4 is 22.4 Å². The van der Waals surface area contributed by atoms with E-state index in [0.717, 1.165) is 43.8 Å². The van der Waals surface area contributed by atoms with Crippen molar-refractivity contribution in [3.8, 4) is 0 Å². The number of nitrogens with zero attached hydrogens (tertiary/aromatic N) is 2. The van der Waals surface area contributed by atoms with Crippen LogP contribution in [0.25, 0.3) is 0 Å². The van der Waals surface area contributed by atoms with E-state index >= 15 is 0 Å². The fraction of sp³-hybridized carbons (Fsp3) is 0.444. The molecule has 4 rings (SSSR count). The second-order valence-corrected chi connectivity index (χ2v) is 7.19. The summed E-state index contributed by atoms with van der Waals surface area (Å²) >= 11 is 1.61. The fourth-order valence-electron chi connectivity index (χ4n) is 3.80. The monoisotopic (exact) mass is 327 g/mol. The van der Waals surface area contributed by atoms with Gasteiger partial charge in [0.15, 0.2) is 5.13 Å². The molecule has 2 unspecified atom stereocenters. The third kappa shape index (κ3) is 2.85. The SMILES string of the molecule is O=C(NC1CCCc2ccccc21)C1CCCN1c1nccs1. The quantitative estimate of drug-likeness (QED) is 0.941. The second-order valence-electron chi connectivity index (χ2n) is 6.32. The van der Waals surface area contributed by atoms with E-state index in [1.807, 2.05) is 11.6 Å². The number of hydrogen-bond acceptors (Lipinski definition) is 4. The van der Waals surface area contributed by atoms with Crippen LogP contribution in [0.2, 0.25) is 0 Å². The van der Waals surface area contributed by atoms with Crippen molar-refractivity contribution in [2.24, 2.45) is 0 Å². The molecular weight excluding hydrogens is 306 g/mol. The molecule has 4 nitrogen and oxygen atoms in total. The Morgan fingerprint density at radius 1 is 1.26 bits per heavy atom. The average Bonchev–Trinajstić information content (AvgIpc) is 3.26. The van der Waals surface area contributed by atoms with Gasteiger partial charge in [-0.1, -0.05) is 24.3 Å². The maximum absolute atomic E-state index is 12.9. The molecule has 1 aliphatic heterocycles. The molecule has 0 radical (unpaired) electrons. The van der Waals surface area contributed by atoms with Gasteiger partial charge in [0.25, 0.3) is 0 Å². The number of benzene rings is 1. The highest BCUT2D eigenvalue weighted by Gasteiger charge is 2.34. The van der Waals surface area contributed by atoms with E-state index in [-0.39, 0.29) is 18.0 Å². The van der Waals surface area contributed by atoms with E-state index < -0.39 is 0 Å². The van der Waals surface area contributed by atoms with Crippen LogP contribution in [-0.2, 0) is 11.2 Å². The normalized spacial score (nSPS) is 23.6. The van der Waals surface area contributed by atoms with E-state index in [9.17, 15) is 4.79 Å². The number of aryl methyl sites for hydroxylation is 1. The topological polar surface area (TPSA) is 45.2 Å². The summed E-state index contributed by atoms with van der Waals surface area (Å²) in [5.74, 6) is 0.152. The van der Waals surface area contributed by atoms with Crippen molar-refractivity contribution in [3.05, 3.63) is 47.0 Å². The first-order valence-electron chi connectivity index (χ1n) is 8.37. The molecule has 1 N–H and O–H groups in total. The summed E-state index contributed by atoms with van der Waals surface area (Å²) in [5.41, 5.74) is 2.68. The molecule has 1 aromatic carbocycles. The molecule has 1 amide bonds. The third-order valence-electron chi connectivity index (χ3n) is 4.91. The Morgan fingerprint density at radius 2 is 2.17 bits per heavy atom. The third-order valence-corrected chi connectivity index (χ3v) is 5.71. The number of carbonyl (C=O) groups excluding carboxylic acids is 1. The number of nitrogens with one attached hydrogen (secondary N) is 1. The van der Waals surface area contributed by atoms with Crippen molar-refractivity contribution in [1.29, 1.82) is 0 Å². The predicted molar refractivity (Wildman–Crippen MR) is 92.7 cm³/mol. The zero-order chi connectivity index (χ0) is 15.6. The van der Waals surface area contributed by atoms with Gasteiger partial charge in [-0.2, -0.15) is 0 Å². The molecule has 5 heteroatoms. The van der Waals surface area contributed by atoms with E-state index in [0.29, 0.717) is 0 Å². The van der Waals surface area contributed by atoms with E-state index in [1.54, 1.807) is 11.3 Å². The first-order valence-corrected chi connectivity index (χ1v) is 9.25. The standard InChI is InChI=1S/C18H21N3OS/c22-17(16-9-4-11-21(16)18-19-10-12-23-18)20-15-8-3-6-13-5-1-2-7-14(13)15/h1-2,5,7,10,12,15-16H,3-4,6,8-9,11H2,(H,20,22). The molecule has 120 valence electrons. The average molecular weight is 327 g/mol. The minimum absolute atomic E-state index is 0.0739. The molecule has 2 heterocycles. The van der Waals surface area contributed by atoms with Crippen molar-refractivity contribution in [3.63, 3.8) is 0 Å². The summed E-state index contributed by atoms with van der Waals surface area (Å²) < 4.78 is 0. The smallest absolute Gasteiger partial charge is 0.243 e. The van der Waals surface area contributed by atoms with E-state index in [4.69, 9.17) is 0 Å². The number of fused-ring (bicyclic) bond motifs is 1. The fourth-order valence-corrected chi connectivity index (χ4v) is 4.52. The maximum atomic E-state index is 12.9. The van der Waals surface area contributed by atoms with Gasteiger partial charge in [-0.15, -0.1) is 11.3 Å². The first kappa shape index (κ1) is 14.7. The van der Waals surface area contributed by atoms with Gasteiger partial charge in [0.2, 0.25) is 5.91 Å². The van der Waals surface area contributed by atoms with E-state index in [1.165, 1.54) is 11.1 Å². The largest absolute Gasteiger partial charge is 0.347 e. The van der Waals surface area contributed by atoms with E-state index in [2.05, 4.69) is 39.5 Å². The number of anilines is 1. The lowest BCUT2D eigenvalue weighted by Gasteiger charge is -2.29. The molecular formula is C18H21N3OS. The highest BCUT2D eigenvalue weighted by molar-refractivity contribution is 7.13. The summed E-state index contributed by atoms with van der Waals surface area (Å²) in [6, 6.07) is 8.59. The van der Waals surface area contributed by atoms with Crippen LogP contribution in [0.3, 0.4) is 0 Å². The molecule has 1 fully saturated rings. The number of hydrogen-bond donors (Lipinski definition) is 1. The molecule has 23 heavy (non-hydrogen) atoms. The Bertz CT molecular complexity index is 685. The van der Waals surface area contributed by atoms with Gasteiger partial charge in [0, 0.05) is 18.1 Å². The summed E-state index contributed by atoms with van der Waals surface area (Å²) in [6.45, 7) is 0.923. The molecule has 1 saturated heterocycles. The van der Waals surface area contributed by atoms with Crippen LogP contribution in [0.1, 0.15) is 42.9 Å². The van der Waals surface area contributed by atoms with Crippen molar-refractivity contribution in [2.75, 3.05) is 11.4 Å². The number of rotatable bonds is 3. The minimum atomic E-state index is -0.0739. The van der Waals surface area contributed by atoms with Crippen LogP contribution in [0.4, 0.5) is 5.13 Å². The lowest BCUT2D eigenvalue weighted by molar-refractivity contribution is -0.123. The molecule has 2 atom stereocenters. The van der Waals surface area contributed by atoms with Crippen molar-refractivity contribution in [2.45, 2.75) is 44.2 Å². The van der Waals surface area contributed by atoms with Crippen LogP contribution < -0.4 is 10.2 Å². The van der Waals surface area contributed by atoms with Gasteiger partial charge in [-0.05, 0) is 43.2 Å². The van der Waals surface area contributed by atoms with Gasteiger partial charge < -0.3 is 10.2 Å². The number of aromatic nitrogens is 1. The van der Waals surface area contributed by atoms with Gasteiger partial charge in [-0.3, -0.25) is 4.79 Å². The van der Waals surface area contributed by atoms with Crippen LogP contribution in [-0.4, -0.2) is 23.5 Å². The second kappa shape index (κ2) is 6.32. The van der Waals surface area contributed by atoms with Crippen LogP contribution in [0.5, 0.6) is 0 Å². The van der Waals surface area contributed by atoms with Crippen molar-refractivity contribution < 1.29 is 4.79 Å². The van der Waals surface area contributed by atoms with Crippen LogP contribution in [0, 0.1) is 0 Å². The lowest BCUT2D eigenvalue weighted by atomic mass is 9.87. The number of amides is 1. The Balaban J connectivity index is 1.50. The van der Waals surface area contributed by atoms with Gasteiger partial charge in [-0.25, -0.2) is 4.98 Å². The number of carbonyl (C=O) groups is 1. The Labute approximate surface area is 140 Å². The zero-order valence-corrected chi connectivity index (χ0v) is 13.9. The molecule has 1 aromatic heterocycles. The Hall–Kier alpha value is -1.88. The summed E-state index contributed by atoms with van der Waals surface area (Å²) in [6.07, 6.45) is 7.08. The maximum Gasteiger partial charge on any atom is 0.243 e. The minimum Gasteiger partial charge on any atom is -0.347 e. The Kier molecular flexibility index (Phi) is 4.04. The van der Waals surface area contributed by atoms with Crippen LogP contribution >= 0.6 is 11.3 Å². The summed E-state index contributed by atoms with van der Waals surface area (Å²) in [5, 5.41) is 6.24. The van der Waals surface area contributed by atoms with Crippen LogP contribution in [0.15, 0.2) is 35.8 Å². The lowest BCUT2D eigenvalue weighted by Crippen LogP contribution is -2.45. The summed E-state index contributed by atoms with van der Waals surface area (Å²) in [7, 11) is 0. The zero-order valence-electron chi connectivity index (χ0n) is 13.1. The highest BCUT2D eigenvalue weighted by Crippen LogP contribution is 2.31. The predicted octanol–water partition coefficient (Wildman–Crippen LogP) is 3.31.